The van der Waals surface area contributed by atoms with Crippen LogP contribution in [-0.4, -0.2) is 38.4 Å². The molecule has 1 N–H and O–H groups in total. The van der Waals surface area contributed by atoms with Crippen LogP contribution in [0.3, 0.4) is 0 Å². The van der Waals surface area contributed by atoms with E-state index < -0.39 is 0 Å². The van der Waals surface area contributed by atoms with E-state index >= 15 is 0 Å². The third-order valence-electron chi connectivity index (χ3n) is 4.74. The van der Waals surface area contributed by atoms with E-state index in [1.165, 1.54) is 11.6 Å². The summed E-state index contributed by atoms with van der Waals surface area (Å²) in [6, 6.07) is 4.14. The molecule has 4 heterocycles. The number of fused-ring (bicyclic) bond motifs is 1. The van der Waals surface area contributed by atoms with Crippen LogP contribution < -0.4 is 5.32 Å². The van der Waals surface area contributed by atoms with Crippen LogP contribution >= 0.6 is 11.3 Å². The average molecular weight is 379 g/mol. The van der Waals surface area contributed by atoms with Gasteiger partial charge in [0.2, 0.25) is 5.91 Å². The first-order valence-corrected chi connectivity index (χ1v) is 9.63. The van der Waals surface area contributed by atoms with E-state index in [9.17, 15) is 4.79 Å². The van der Waals surface area contributed by atoms with Gasteiger partial charge in [0, 0.05) is 48.9 Å². The fourth-order valence-corrected chi connectivity index (χ4v) is 3.98. The highest BCUT2D eigenvalue weighted by Gasteiger charge is 2.19. The van der Waals surface area contributed by atoms with Crippen LogP contribution in [0.15, 0.2) is 43.3 Å². The summed E-state index contributed by atoms with van der Waals surface area (Å²) in [5, 5.41) is 5.28. The summed E-state index contributed by atoms with van der Waals surface area (Å²) < 4.78 is 2.09. The van der Waals surface area contributed by atoms with Gasteiger partial charge in [-0.1, -0.05) is 12.7 Å². The number of thiazole rings is 1. The zero-order valence-electron chi connectivity index (χ0n) is 15.4. The van der Waals surface area contributed by atoms with Gasteiger partial charge in [-0.2, -0.15) is 0 Å². The molecule has 0 fully saturated rings. The van der Waals surface area contributed by atoms with Crippen molar-refractivity contribution >= 4 is 44.7 Å². The molecule has 4 rings (SSSR count). The number of pyridine rings is 1. The molecule has 0 atom stereocenters. The van der Waals surface area contributed by atoms with Gasteiger partial charge in [0.05, 0.1) is 11.2 Å². The molecule has 0 saturated carbocycles. The van der Waals surface area contributed by atoms with Crippen molar-refractivity contribution in [3.63, 3.8) is 0 Å². The number of rotatable bonds is 4. The molecule has 1 amide bonds. The molecule has 0 aromatic carbocycles. The first kappa shape index (κ1) is 17.5. The highest BCUT2D eigenvalue weighted by molar-refractivity contribution is 7.15. The van der Waals surface area contributed by atoms with Crippen molar-refractivity contribution in [2.75, 3.05) is 18.4 Å². The Bertz CT molecular complexity index is 1060. The largest absolute Gasteiger partial charge is 0.350 e. The van der Waals surface area contributed by atoms with Gasteiger partial charge < -0.3 is 14.8 Å². The van der Waals surface area contributed by atoms with Gasteiger partial charge >= 0.3 is 0 Å². The van der Waals surface area contributed by atoms with Gasteiger partial charge in [-0.05, 0) is 31.1 Å². The molecule has 1 aliphatic rings. The van der Waals surface area contributed by atoms with Gasteiger partial charge in [-0.15, -0.1) is 11.3 Å². The minimum absolute atomic E-state index is 0.0299. The Morgan fingerprint density at radius 3 is 2.96 bits per heavy atom. The number of aryl methyl sites for hydroxylation is 2. The lowest BCUT2D eigenvalue weighted by Crippen LogP contribution is -2.33. The van der Waals surface area contributed by atoms with E-state index in [2.05, 4.69) is 33.6 Å². The lowest BCUT2D eigenvalue weighted by molar-refractivity contribution is -0.125. The van der Waals surface area contributed by atoms with Gasteiger partial charge in [-0.25, -0.2) is 9.97 Å². The number of nitrogens with zero attached hydrogens (tertiary/aromatic N) is 4. The molecule has 3 aromatic heterocycles. The first-order valence-electron chi connectivity index (χ1n) is 8.81. The standard InChI is InChI=1S/C20H21N5OS/c1-4-18(26)25-9-5-14(6-10-25)19-15-7-8-24(3)16(15)11-17(22-19)23-20-21-12-13(2)27-20/h4-5,7-8,11-12H,1,6,9-10H2,2-3H3,(H,21,22,23). The third kappa shape index (κ3) is 3.38. The van der Waals surface area contributed by atoms with E-state index in [-0.39, 0.29) is 5.91 Å². The summed E-state index contributed by atoms with van der Waals surface area (Å²) in [6.07, 6.45) is 8.13. The van der Waals surface area contributed by atoms with Crippen molar-refractivity contribution in [3.05, 3.63) is 53.8 Å². The molecule has 0 bridgehead atoms. The molecule has 27 heavy (non-hydrogen) atoms. The fraction of sp³-hybridized carbons (Fsp3) is 0.250. The van der Waals surface area contributed by atoms with E-state index in [1.807, 2.05) is 32.4 Å². The third-order valence-corrected chi connectivity index (χ3v) is 5.57. The predicted molar refractivity (Wildman–Crippen MR) is 110 cm³/mol. The van der Waals surface area contributed by atoms with Crippen molar-refractivity contribution in [2.24, 2.45) is 7.05 Å². The number of hydrogen-bond acceptors (Lipinski definition) is 5. The lowest BCUT2D eigenvalue weighted by atomic mass is 10.0. The molecule has 0 unspecified atom stereocenters. The van der Waals surface area contributed by atoms with Gasteiger partial charge in [0.15, 0.2) is 5.13 Å². The van der Waals surface area contributed by atoms with Crippen molar-refractivity contribution < 1.29 is 4.79 Å². The Labute approximate surface area is 161 Å². The van der Waals surface area contributed by atoms with E-state index in [1.54, 1.807) is 16.2 Å². The Kier molecular flexibility index (Phi) is 4.53. The topological polar surface area (TPSA) is 63.1 Å². The highest BCUT2D eigenvalue weighted by atomic mass is 32.1. The molecule has 0 saturated heterocycles. The van der Waals surface area contributed by atoms with Gasteiger partial charge in [0.25, 0.3) is 0 Å². The molecule has 7 heteroatoms. The summed E-state index contributed by atoms with van der Waals surface area (Å²) in [6.45, 7) is 6.86. The van der Waals surface area contributed by atoms with Crippen LogP contribution in [0.1, 0.15) is 17.0 Å². The number of carbonyl (C=O) groups is 1. The van der Waals surface area contributed by atoms with Crippen LogP contribution in [0.25, 0.3) is 16.5 Å². The molecule has 3 aromatic rings. The zero-order chi connectivity index (χ0) is 19.0. The molecule has 0 aliphatic carbocycles. The maximum atomic E-state index is 11.8. The second-order valence-electron chi connectivity index (χ2n) is 6.58. The maximum Gasteiger partial charge on any atom is 0.246 e. The Morgan fingerprint density at radius 1 is 1.44 bits per heavy atom. The second-order valence-corrected chi connectivity index (χ2v) is 7.82. The summed E-state index contributed by atoms with van der Waals surface area (Å²) in [5.41, 5.74) is 3.24. The number of nitrogens with one attached hydrogen (secondary N) is 1. The Balaban J connectivity index is 1.72. The quantitative estimate of drug-likeness (QED) is 0.699. The first-order chi connectivity index (χ1) is 13.0. The van der Waals surface area contributed by atoms with Gasteiger partial charge in [0.1, 0.15) is 5.82 Å². The summed E-state index contributed by atoms with van der Waals surface area (Å²) >= 11 is 1.60. The number of aromatic nitrogens is 3. The monoisotopic (exact) mass is 379 g/mol. The molecular weight excluding hydrogens is 358 g/mol. The maximum absolute atomic E-state index is 11.8. The van der Waals surface area contributed by atoms with Gasteiger partial charge in [-0.3, -0.25) is 4.79 Å². The second kappa shape index (κ2) is 7.00. The van der Waals surface area contributed by atoms with Crippen molar-refractivity contribution in [3.8, 4) is 0 Å². The highest BCUT2D eigenvalue weighted by Crippen LogP contribution is 2.31. The molecule has 138 valence electrons. The average Bonchev–Trinajstić information content (AvgIpc) is 3.26. The number of anilines is 2. The molecule has 1 aliphatic heterocycles. The van der Waals surface area contributed by atoms with Crippen molar-refractivity contribution in [1.82, 2.24) is 19.4 Å². The normalized spacial score (nSPS) is 14.3. The van der Waals surface area contributed by atoms with Crippen LogP contribution in [0.4, 0.5) is 10.9 Å². The fourth-order valence-electron chi connectivity index (χ4n) is 3.31. The number of hydrogen-bond donors (Lipinski definition) is 1. The molecule has 0 spiro atoms. The number of carbonyl (C=O) groups excluding carboxylic acids is 1. The van der Waals surface area contributed by atoms with E-state index in [0.717, 1.165) is 38.8 Å². The Morgan fingerprint density at radius 2 is 2.30 bits per heavy atom. The lowest BCUT2D eigenvalue weighted by Gasteiger charge is -2.25. The number of amides is 1. The van der Waals surface area contributed by atoms with Crippen molar-refractivity contribution in [2.45, 2.75) is 13.3 Å². The van der Waals surface area contributed by atoms with Crippen LogP contribution in [0.5, 0.6) is 0 Å². The van der Waals surface area contributed by atoms with Crippen molar-refractivity contribution in [1.29, 1.82) is 0 Å². The SMILES string of the molecule is C=CC(=O)N1CC=C(c2nc(Nc3ncc(C)s3)cc3c2ccn3C)CC1. The van der Waals surface area contributed by atoms with Crippen LogP contribution in [-0.2, 0) is 11.8 Å². The van der Waals surface area contributed by atoms with Crippen LogP contribution in [0.2, 0.25) is 0 Å². The molecular formula is C20H21N5OS. The Hall–Kier alpha value is -2.93. The minimum Gasteiger partial charge on any atom is -0.350 e. The van der Waals surface area contributed by atoms with E-state index in [0.29, 0.717) is 13.1 Å². The summed E-state index contributed by atoms with van der Waals surface area (Å²) in [5.74, 6) is 0.747. The summed E-state index contributed by atoms with van der Waals surface area (Å²) in [4.78, 5) is 24.0. The molecule has 0 radical (unpaired) electrons. The predicted octanol–water partition coefficient (Wildman–Crippen LogP) is 3.88. The minimum atomic E-state index is -0.0299. The zero-order valence-corrected chi connectivity index (χ0v) is 16.2. The summed E-state index contributed by atoms with van der Waals surface area (Å²) in [7, 11) is 2.03. The smallest absolute Gasteiger partial charge is 0.246 e. The van der Waals surface area contributed by atoms with Crippen LogP contribution in [0, 0.1) is 6.92 Å². The van der Waals surface area contributed by atoms with E-state index in [4.69, 9.17) is 4.98 Å². The molecule has 6 nitrogen and oxygen atoms in total.